The van der Waals surface area contributed by atoms with Crippen molar-refractivity contribution in [3.8, 4) is 0 Å². The second-order valence-electron chi connectivity index (χ2n) is 4.41. The number of hydrogen-bond donors (Lipinski definition) is 2. The second-order valence-corrected chi connectivity index (χ2v) is 6.46. The number of likely N-dealkylation sites (N-methyl/N-ethyl adjacent to an activating group) is 1. The summed E-state index contributed by atoms with van der Waals surface area (Å²) in [6, 6.07) is 7.50. The summed E-state index contributed by atoms with van der Waals surface area (Å²) in [7, 11) is -2.64. The van der Waals surface area contributed by atoms with Gasteiger partial charge in [-0.2, -0.15) is 4.31 Å². The molecule has 6 nitrogen and oxygen atoms in total. The number of nitrogens with zero attached hydrogens (tertiary/aromatic N) is 1. The van der Waals surface area contributed by atoms with E-state index in [4.69, 9.17) is 5.73 Å². The number of rotatable bonds is 7. The van der Waals surface area contributed by atoms with Gasteiger partial charge in [-0.15, -0.1) is 0 Å². The van der Waals surface area contributed by atoms with Gasteiger partial charge in [-0.25, -0.2) is 17.2 Å². The van der Waals surface area contributed by atoms with E-state index in [1.807, 2.05) is 5.32 Å². The Kier molecular flexibility index (Phi) is 5.76. The van der Waals surface area contributed by atoms with Gasteiger partial charge in [0.1, 0.15) is 0 Å². The Morgan fingerprint density at radius 1 is 1.33 bits per heavy atom. The van der Waals surface area contributed by atoms with E-state index in [0.29, 0.717) is 0 Å². The lowest BCUT2D eigenvalue weighted by molar-refractivity contribution is -0.122. The first-order valence-electron chi connectivity index (χ1n) is 6.05. The van der Waals surface area contributed by atoms with Crippen molar-refractivity contribution in [3.05, 3.63) is 30.3 Å². The molecule has 21 heavy (non-hydrogen) atoms. The number of amides is 1. The standard InChI is InChI=1S/C12H17F2N3O3S/c1-17(7-11(18)16-9-12(13,14)8-15)21(19,20)10-5-3-2-4-6-10/h2-6H,7-9,15H2,1H3,(H,16,18). The fourth-order valence-electron chi connectivity index (χ4n) is 1.42. The largest absolute Gasteiger partial charge is 0.349 e. The van der Waals surface area contributed by atoms with E-state index in [-0.39, 0.29) is 4.90 Å². The smallest absolute Gasteiger partial charge is 0.277 e. The molecule has 0 aliphatic heterocycles. The molecule has 0 unspecified atom stereocenters. The van der Waals surface area contributed by atoms with Gasteiger partial charge in [0.15, 0.2) is 0 Å². The topological polar surface area (TPSA) is 92.5 Å². The van der Waals surface area contributed by atoms with Crippen molar-refractivity contribution >= 4 is 15.9 Å². The van der Waals surface area contributed by atoms with Crippen LogP contribution in [0.3, 0.4) is 0 Å². The van der Waals surface area contributed by atoms with Crippen LogP contribution in [0.4, 0.5) is 8.78 Å². The molecule has 0 bridgehead atoms. The first-order valence-corrected chi connectivity index (χ1v) is 7.49. The minimum absolute atomic E-state index is 0.0209. The van der Waals surface area contributed by atoms with Crippen molar-refractivity contribution in [1.82, 2.24) is 9.62 Å². The van der Waals surface area contributed by atoms with Crippen LogP contribution in [0, 0.1) is 0 Å². The summed E-state index contributed by atoms with van der Waals surface area (Å²) < 4.78 is 50.8. The van der Waals surface area contributed by atoms with E-state index in [9.17, 15) is 22.0 Å². The molecular formula is C12H17F2N3O3S. The SMILES string of the molecule is CN(CC(=O)NCC(F)(F)CN)S(=O)(=O)c1ccccc1. The zero-order valence-electron chi connectivity index (χ0n) is 11.4. The Morgan fingerprint density at radius 3 is 2.43 bits per heavy atom. The zero-order valence-corrected chi connectivity index (χ0v) is 12.2. The molecular weight excluding hydrogens is 304 g/mol. The second kappa shape index (κ2) is 6.92. The van der Waals surface area contributed by atoms with Crippen molar-refractivity contribution < 1.29 is 22.0 Å². The van der Waals surface area contributed by atoms with Crippen molar-refractivity contribution in [3.63, 3.8) is 0 Å². The number of nitrogens with one attached hydrogen (secondary N) is 1. The van der Waals surface area contributed by atoms with E-state index in [1.54, 1.807) is 18.2 Å². The molecule has 1 rings (SSSR count). The zero-order chi connectivity index (χ0) is 16.1. The number of benzene rings is 1. The quantitative estimate of drug-likeness (QED) is 0.740. The number of carbonyl (C=O) groups is 1. The van der Waals surface area contributed by atoms with Gasteiger partial charge < -0.3 is 11.1 Å². The number of sulfonamides is 1. The molecule has 0 fully saturated rings. The number of hydrogen-bond acceptors (Lipinski definition) is 4. The van der Waals surface area contributed by atoms with Crippen LogP contribution in [0.25, 0.3) is 0 Å². The van der Waals surface area contributed by atoms with Gasteiger partial charge in [-0.05, 0) is 12.1 Å². The predicted octanol–water partition coefficient (Wildman–Crippen LogP) is 0.0173. The lowest BCUT2D eigenvalue weighted by Crippen LogP contribution is -2.45. The lowest BCUT2D eigenvalue weighted by atomic mass is 10.3. The fourth-order valence-corrected chi connectivity index (χ4v) is 2.56. The monoisotopic (exact) mass is 321 g/mol. The van der Waals surface area contributed by atoms with Crippen molar-refractivity contribution in [1.29, 1.82) is 0 Å². The third-order valence-electron chi connectivity index (χ3n) is 2.66. The maximum absolute atomic E-state index is 12.9. The summed E-state index contributed by atoms with van der Waals surface area (Å²) in [6.45, 7) is -2.38. The molecule has 0 aliphatic rings. The molecule has 0 aliphatic carbocycles. The average molecular weight is 321 g/mol. The van der Waals surface area contributed by atoms with Gasteiger partial charge in [0, 0.05) is 7.05 Å². The van der Waals surface area contributed by atoms with E-state index in [1.165, 1.54) is 19.2 Å². The number of nitrogens with two attached hydrogens (primary N) is 1. The van der Waals surface area contributed by atoms with E-state index in [2.05, 4.69) is 0 Å². The van der Waals surface area contributed by atoms with Crippen LogP contribution in [0.15, 0.2) is 35.2 Å². The summed E-state index contributed by atoms with van der Waals surface area (Å²) >= 11 is 0. The molecule has 0 aromatic heterocycles. The van der Waals surface area contributed by atoms with Crippen LogP contribution in [-0.2, 0) is 14.8 Å². The normalized spacial score (nSPS) is 12.4. The maximum Gasteiger partial charge on any atom is 0.277 e. The summed E-state index contributed by atoms with van der Waals surface area (Å²) in [4.78, 5) is 11.5. The number of alkyl halides is 2. The minimum Gasteiger partial charge on any atom is -0.349 e. The molecule has 1 aromatic carbocycles. The third-order valence-corrected chi connectivity index (χ3v) is 4.48. The van der Waals surface area contributed by atoms with Gasteiger partial charge in [0.25, 0.3) is 5.92 Å². The van der Waals surface area contributed by atoms with Crippen molar-refractivity contribution in [2.75, 3.05) is 26.7 Å². The number of carbonyl (C=O) groups excluding carboxylic acids is 1. The van der Waals surface area contributed by atoms with Crippen LogP contribution in [0.2, 0.25) is 0 Å². The summed E-state index contributed by atoms with van der Waals surface area (Å²) in [6.07, 6.45) is 0. The van der Waals surface area contributed by atoms with Gasteiger partial charge in [-0.3, -0.25) is 4.79 Å². The summed E-state index contributed by atoms with van der Waals surface area (Å²) in [5, 5.41) is 1.95. The van der Waals surface area contributed by atoms with Gasteiger partial charge >= 0.3 is 0 Å². The van der Waals surface area contributed by atoms with Gasteiger partial charge in [0.05, 0.1) is 24.5 Å². The molecule has 1 amide bonds. The van der Waals surface area contributed by atoms with Crippen molar-refractivity contribution in [2.24, 2.45) is 5.73 Å². The number of halogens is 2. The van der Waals surface area contributed by atoms with Gasteiger partial charge in [0.2, 0.25) is 15.9 Å². The summed E-state index contributed by atoms with van der Waals surface area (Å²) in [5.41, 5.74) is 4.83. The van der Waals surface area contributed by atoms with Crippen LogP contribution in [-0.4, -0.2) is 51.2 Å². The molecule has 0 heterocycles. The minimum atomic E-state index is -3.83. The van der Waals surface area contributed by atoms with Gasteiger partial charge in [-0.1, -0.05) is 18.2 Å². The molecule has 9 heteroatoms. The summed E-state index contributed by atoms with van der Waals surface area (Å²) in [5.74, 6) is -4.04. The Balaban J connectivity index is 2.65. The Hall–Kier alpha value is -1.58. The van der Waals surface area contributed by atoms with Crippen LogP contribution in [0.1, 0.15) is 0 Å². The highest BCUT2D eigenvalue weighted by atomic mass is 32.2. The predicted molar refractivity (Wildman–Crippen MR) is 73.3 cm³/mol. The molecule has 118 valence electrons. The maximum atomic E-state index is 12.9. The van der Waals surface area contributed by atoms with E-state index in [0.717, 1.165) is 4.31 Å². The average Bonchev–Trinajstić information content (AvgIpc) is 2.46. The highest BCUT2D eigenvalue weighted by Crippen LogP contribution is 2.13. The van der Waals surface area contributed by atoms with Crippen LogP contribution < -0.4 is 11.1 Å². The molecule has 1 aromatic rings. The van der Waals surface area contributed by atoms with Crippen molar-refractivity contribution in [2.45, 2.75) is 10.8 Å². The third kappa shape index (κ3) is 5.03. The molecule has 0 saturated heterocycles. The Morgan fingerprint density at radius 2 is 1.90 bits per heavy atom. The van der Waals surface area contributed by atoms with Crippen LogP contribution in [0.5, 0.6) is 0 Å². The molecule has 0 saturated carbocycles. The highest BCUT2D eigenvalue weighted by molar-refractivity contribution is 7.89. The lowest BCUT2D eigenvalue weighted by Gasteiger charge is -2.18. The first-order chi connectivity index (χ1) is 9.69. The van der Waals surface area contributed by atoms with Crippen LogP contribution >= 0.6 is 0 Å². The molecule has 0 radical (unpaired) electrons. The Bertz CT molecular complexity index is 579. The highest BCUT2D eigenvalue weighted by Gasteiger charge is 2.28. The Labute approximate surface area is 122 Å². The molecule has 0 atom stereocenters. The molecule has 3 N–H and O–H groups in total. The molecule has 0 spiro atoms. The fraction of sp³-hybridized carbons (Fsp3) is 0.417. The van der Waals surface area contributed by atoms with E-state index >= 15 is 0 Å². The van der Waals surface area contributed by atoms with E-state index < -0.39 is 41.5 Å². The first kappa shape index (κ1) is 17.5.